The van der Waals surface area contributed by atoms with Crippen LogP contribution in [0.4, 0.5) is 0 Å². The van der Waals surface area contributed by atoms with Gasteiger partial charge in [0.05, 0.1) is 6.54 Å². The predicted octanol–water partition coefficient (Wildman–Crippen LogP) is 0.751. The van der Waals surface area contributed by atoms with Crippen LogP contribution in [-0.2, 0) is 6.42 Å². The number of pyridine rings is 1. The number of hydrogen-bond acceptors (Lipinski definition) is 4. The van der Waals surface area contributed by atoms with Crippen molar-refractivity contribution in [2.75, 3.05) is 19.6 Å². The van der Waals surface area contributed by atoms with E-state index in [0.29, 0.717) is 0 Å². The van der Waals surface area contributed by atoms with Crippen LogP contribution in [0.2, 0.25) is 0 Å². The first-order valence-electron chi connectivity index (χ1n) is 4.87. The number of rotatable bonds is 3. The molecular weight excluding hydrogens is 256 g/mol. The highest BCUT2D eigenvalue weighted by molar-refractivity contribution is 8.93. The van der Waals surface area contributed by atoms with Gasteiger partial charge in [-0.15, -0.1) is 17.0 Å². The summed E-state index contributed by atoms with van der Waals surface area (Å²) >= 11 is 0. The molecule has 0 atom stereocenters. The Labute approximate surface area is 100.0 Å². The number of aromatic nitrogens is 1. The lowest BCUT2D eigenvalue weighted by atomic mass is 10.3. The van der Waals surface area contributed by atoms with Crippen molar-refractivity contribution in [3.8, 4) is 0 Å². The van der Waals surface area contributed by atoms with Crippen molar-refractivity contribution in [1.82, 2.24) is 15.6 Å². The maximum Gasteiger partial charge on any atom is 0.191 e. The van der Waals surface area contributed by atoms with E-state index in [1.807, 2.05) is 24.4 Å². The van der Waals surface area contributed by atoms with E-state index in [4.69, 9.17) is 0 Å². The van der Waals surface area contributed by atoms with E-state index in [2.05, 4.69) is 20.6 Å². The molecule has 0 saturated carbocycles. The Morgan fingerprint density at radius 1 is 1.40 bits per heavy atom. The summed E-state index contributed by atoms with van der Waals surface area (Å²) in [6.07, 6.45) is 2.75. The SMILES string of the molecule is Br.c1ccc(CCNC2=NCCN2)nc1. The average Bonchev–Trinajstić information content (AvgIpc) is 2.72. The second kappa shape index (κ2) is 6.40. The molecule has 0 spiro atoms. The zero-order valence-corrected chi connectivity index (χ0v) is 10.2. The molecule has 5 heteroatoms. The molecule has 0 aliphatic carbocycles. The highest BCUT2D eigenvalue weighted by atomic mass is 79.9. The number of aliphatic imine (C=N–C) groups is 1. The maximum absolute atomic E-state index is 4.24. The summed E-state index contributed by atoms with van der Waals surface area (Å²) in [4.78, 5) is 8.48. The van der Waals surface area contributed by atoms with Crippen LogP contribution in [0.15, 0.2) is 29.4 Å². The lowest BCUT2D eigenvalue weighted by molar-refractivity contribution is 0.819. The Morgan fingerprint density at radius 3 is 3.00 bits per heavy atom. The highest BCUT2D eigenvalue weighted by Gasteiger charge is 2.02. The molecule has 0 aromatic carbocycles. The summed E-state index contributed by atoms with van der Waals surface area (Å²) in [6, 6.07) is 5.97. The summed E-state index contributed by atoms with van der Waals surface area (Å²) in [6.45, 7) is 2.71. The van der Waals surface area contributed by atoms with Crippen molar-refractivity contribution in [3.63, 3.8) is 0 Å². The van der Waals surface area contributed by atoms with Crippen LogP contribution in [0.1, 0.15) is 5.69 Å². The minimum absolute atomic E-state index is 0. The van der Waals surface area contributed by atoms with Crippen molar-refractivity contribution < 1.29 is 0 Å². The monoisotopic (exact) mass is 270 g/mol. The van der Waals surface area contributed by atoms with E-state index in [0.717, 1.165) is 37.7 Å². The number of halogens is 1. The zero-order chi connectivity index (χ0) is 9.64. The first-order valence-corrected chi connectivity index (χ1v) is 4.87. The summed E-state index contributed by atoms with van der Waals surface area (Å²) < 4.78 is 0. The van der Waals surface area contributed by atoms with Crippen LogP contribution in [0, 0.1) is 0 Å². The van der Waals surface area contributed by atoms with Crippen molar-refractivity contribution >= 4 is 22.9 Å². The van der Waals surface area contributed by atoms with Gasteiger partial charge in [-0.25, -0.2) is 0 Å². The minimum atomic E-state index is 0. The molecule has 15 heavy (non-hydrogen) atoms. The molecule has 0 radical (unpaired) electrons. The molecule has 0 unspecified atom stereocenters. The van der Waals surface area contributed by atoms with Gasteiger partial charge in [-0.05, 0) is 12.1 Å². The third-order valence-corrected chi connectivity index (χ3v) is 2.07. The second-order valence-electron chi connectivity index (χ2n) is 3.15. The molecule has 0 amide bonds. The zero-order valence-electron chi connectivity index (χ0n) is 8.44. The molecule has 1 aromatic heterocycles. The fourth-order valence-electron chi connectivity index (χ4n) is 1.37. The maximum atomic E-state index is 4.24. The molecular formula is C10H15BrN4. The van der Waals surface area contributed by atoms with E-state index >= 15 is 0 Å². The summed E-state index contributed by atoms with van der Waals surface area (Å²) in [5.74, 6) is 0.918. The molecule has 82 valence electrons. The minimum Gasteiger partial charge on any atom is -0.356 e. The van der Waals surface area contributed by atoms with Gasteiger partial charge in [-0.1, -0.05) is 6.07 Å². The fourth-order valence-corrected chi connectivity index (χ4v) is 1.37. The Kier molecular flexibility index (Phi) is 5.10. The Hall–Kier alpha value is -1.10. The topological polar surface area (TPSA) is 49.3 Å². The van der Waals surface area contributed by atoms with E-state index < -0.39 is 0 Å². The van der Waals surface area contributed by atoms with Crippen molar-refractivity contribution in [3.05, 3.63) is 30.1 Å². The van der Waals surface area contributed by atoms with Crippen LogP contribution < -0.4 is 10.6 Å². The summed E-state index contributed by atoms with van der Waals surface area (Å²) in [7, 11) is 0. The molecule has 1 aliphatic rings. The summed E-state index contributed by atoms with van der Waals surface area (Å²) in [5, 5.41) is 6.39. The molecule has 1 aliphatic heterocycles. The third kappa shape index (κ3) is 3.87. The fraction of sp³-hybridized carbons (Fsp3) is 0.400. The predicted molar refractivity (Wildman–Crippen MR) is 66.6 cm³/mol. The van der Waals surface area contributed by atoms with Crippen LogP contribution in [0.5, 0.6) is 0 Å². The van der Waals surface area contributed by atoms with Crippen LogP contribution in [-0.4, -0.2) is 30.6 Å². The third-order valence-electron chi connectivity index (χ3n) is 2.07. The first kappa shape index (κ1) is 12.0. The Morgan fingerprint density at radius 2 is 2.33 bits per heavy atom. The van der Waals surface area contributed by atoms with E-state index in [1.165, 1.54) is 0 Å². The van der Waals surface area contributed by atoms with Crippen molar-refractivity contribution in [2.24, 2.45) is 4.99 Å². The van der Waals surface area contributed by atoms with Gasteiger partial charge >= 0.3 is 0 Å². The lowest BCUT2D eigenvalue weighted by Gasteiger charge is -2.05. The quantitative estimate of drug-likeness (QED) is 0.853. The number of nitrogens with zero attached hydrogens (tertiary/aromatic N) is 2. The molecule has 0 fully saturated rings. The van der Waals surface area contributed by atoms with E-state index in [9.17, 15) is 0 Å². The smallest absolute Gasteiger partial charge is 0.191 e. The largest absolute Gasteiger partial charge is 0.356 e. The van der Waals surface area contributed by atoms with Crippen molar-refractivity contribution in [2.45, 2.75) is 6.42 Å². The lowest BCUT2D eigenvalue weighted by Crippen LogP contribution is -2.35. The first-order chi connectivity index (χ1) is 6.95. The van der Waals surface area contributed by atoms with Gasteiger partial charge in [0, 0.05) is 31.4 Å². The van der Waals surface area contributed by atoms with Gasteiger partial charge in [0.1, 0.15) is 0 Å². The molecule has 2 rings (SSSR count). The molecule has 0 bridgehead atoms. The van der Waals surface area contributed by atoms with Gasteiger partial charge in [0.15, 0.2) is 5.96 Å². The van der Waals surface area contributed by atoms with Gasteiger partial charge in [-0.3, -0.25) is 9.98 Å². The van der Waals surface area contributed by atoms with Crippen molar-refractivity contribution in [1.29, 1.82) is 0 Å². The molecule has 2 heterocycles. The summed E-state index contributed by atoms with van der Waals surface area (Å²) in [5.41, 5.74) is 1.11. The van der Waals surface area contributed by atoms with Gasteiger partial charge in [-0.2, -0.15) is 0 Å². The van der Waals surface area contributed by atoms with E-state index in [-0.39, 0.29) is 17.0 Å². The van der Waals surface area contributed by atoms with Crippen LogP contribution in [0.25, 0.3) is 0 Å². The standard InChI is InChI=1S/C10H14N4.BrH/c1-2-5-11-9(3-1)4-6-12-10-13-7-8-14-10;/h1-3,5H,4,6-8H2,(H2,12,13,14);1H. The molecule has 1 aromatic rings. The van der Waals surface area contributed by atoms with E-state index in [1.54, 1.807) is 0 Å². The average molecular weight is 271 g/mol. The van der Waals surface area contributed by atoms with Crippen LogP contribution >= 0.6 is 17.0 Å². The second-order valence-corrected chi connectivity index (χ2v) is 3.15. The highest BCUT2D eigenvalue weighted by Crippen LogP contribution is 1.93. The van der Waals surface area contributed by atoms with Gasteiger partial charge < -0.3 is 10.6 Å². The number of nitrogens with one attached hydrogen (secondary N) is 2. The number of guanidine groups is 1. The molecule has 4 nitrogen and oxygen atoms in total. The molecule has 0 saturated heterocycles. The van der Waals surface area contributed by atoms with Gasteiger partial charge in [0.25, 0.3) is 0 Å². The molecule has 2 N–H and O–H groups in total. The number of hydrogen-bond donors (Lipinski definition) is 2. The van der Waals surface area contributed by atoms with Gasteiger partial charge in [0.2, 0.25) is 0 Å². The Balaban J connectivity index is 0.00000112. The van der Waals surface area contributed by atoms with Crippen LogP contribution in [0.3, 0.4) is 0 Å². The Bertz CT molecular complexity index is 312. The normalized spacial score (nSPS) is 13.7.